The van der Waals surface area contributed by atoms with E-state index in [1.807, 2.05) is 37.3 Å². The number of nitrogen functional groups attached to an aromatic ring is 1. The zero-order chi connectivity index (χ0) is 23.4. The minimum atomic E-state index is 0.0703. The number of nitrogens with zero attached hydrogens (tertiary/aromatic N) is 3. The summed E-state index contributed by atoms with van der Waals surface area (Å²) < 4.78 is 5.94. The van der Waals surface area contributed by atoms with Crippen molar-refractivity contribution < 1.29 is 4.74 Å². The number of ether oxygens (including phenoxy) is 1. The predicted octanol–water partition coefficient (Wildman–Crippen LogP) is 5.55. The van der Waals surface area contributed by atoms with Crippen LogP contribution >= 0.6 is 0 Å². The first-order chi connectivity index (χ1) is 15.8. The standard InChI is InChI=1S/C27H35N5O/c1-19-24(20-10-12-23(13-11-20)33-17-16-32-14-5-6-15-32)30-26(28)31-25(19)29-22-9-7-8-21(18-22)27(2,3)4/h7-13,18H,5-6,14-17H2,1-4H3,(H3,28,29,30,31). The Balaban J connectivity index is 1.49. The number of aromatic nitrogens is 2. The minimum Gasteiger partial charge on any atom is -0.492 e. The highest BCUT2D eigenvalue weighted by Crippen LogP contribution is 2.31. The van der Waals surface area contributed by atoms with E-state index in [1.165, 1.54) is 31.5 Å². The number of nitrogens with one attached hydrogen (secondary N) is 1. The quantitative estimate of drug-likeness (QED) is 0.497. The largest absolute Gasteiger partial charge is 0.492 e. The van der Waals surface area contributed by atoms with Crippen molar-refractivity contribution in [2.45, 2.75) is 46.0 Å². The summed E-state index contributed by atoms with van der Waals surface area (Å²) in [4.78, 5) is 11.4. The van der Waals surface area contributed by atoms with E-state index >= 15 is 0 Å². The summed E-state index contributed by atoms with van der Waals surface area (Å²) in [6, 6.07) is 16.5. The summed E-state index contributed by atoms with van der Waals surface area (Å²) in [7, 11) is 0. The molecule has 1 aliphatic rings. The Morgan fingerprint density at radius 1 is 1.03 bits per heavy atom. The molecule has 0 radical (unpaired) electrons. The van der Waals surface area contributed by atoms with E-state index in [0.29, 0.717) is 6.61 Å². The van der Waals surface area contributed by atoms with Crippen molar-refractivity contribution >= 4 is 17.5 Å². The second-order valence-corrected chi connectivity index (χ2v) is 9.78. The van der Waals surface area contributed by atoms with E-state index in [1.54, 1.807) is 0 Å². The molecule has 1 aromatic heterocycles. The van der Waals surface area contributed by atoms with Gasteiger partial charge in [0.15, 0.2) is 0 Å². The normalized spacial score (nSPS) is 14.4. The summed E-state index contributed by atoms with van der Waals surface area (Å²) in [5.41, 5.74) is 11.2. The summed E-state index contributed by atoms with van der Waals surface area (Å²) in [6.07, 6.45) is 2.60. The third-order valence-electron chi connectivity index (χ3n) is 6.16. The Labute approximate surface area is 197 Å². The van der Waals surface area contributed by atoms with Crippen LogP contribution in [0.4, 0.5) is 17.5 Å². The van der Waals surface area contributed by atoms with Crippen molar-refractivity contribution in [1.29, 1.82) is 0 Å². The van der Waals surface area contributed by atoms with Gasteiger partial charge >= 0.3 is 0 Å². The topological polar surface area (TPSA) is 76.3 Å². The second kappa shape index (κ2) is 9.79. The lowest BCUT2D eigenvalue weighted by molar-refractivity contribution is 0.238. The Kier molecular flexibility index (Phi) is 6.84. The number of hydrogen-bond acceptors (Lipinski definition) is 6. The molecular weight excluding hydrogens is 410 g/mol. The van der Waals surface area contributed by atoms with Crippen LogP contribution in [0.3, 0.4) is 0 Å². The molecule has 33 heavy (non-hydrogen) atoms. The van der Waals surface area contributed by atoms with Crippen molar-refractivity contribution in [2.75, 3.05) is 37.3 Å². The van der Waals surface area contributed by atoms with E-state index in [0.717, 1.165) is 40.6 Å². The lowest BCUT2D eigenvalue weighted by atomic mass is 9.87. The van der Waals surface area contributed by atoms with E-state index in [-0.39, 0.29) is 11.4 Å². The fourth-order valence-electron chi connectivity index (χ4n) is 4.14. The third kappa shape index (κ3) is 5.82. The molecule has 0 saturated carbocycles. The number of likely N-dealkylation sites (tertiary alicyclic amines) is 1. The lowest BCUT2D eigenvalue weighted by Gasteiger charge is -2.20. The van der Waals surface area contributed by atoms with Crippen LogP contribution in [0.1, 0.15) is 44.7 Å². The zero-order valence-corrected chi connectivity index (χ0v) is 20.2. The van der Waals surface area contributed by atoms with Gasteiger partial charge in [0.2, 0.25) is 5.95 Å². The van der Waals surface area contributed by atoms with Crippen LogP contribution in [-0.4, -0.2) is 41.1 Å². The molecule has 2 heterocycles. The van der Waals surface area contributed by atoms with E-state index < -0.39 is 0 Å². The molecule has 0 atom stereocenters. The molecule has 1 saturated heterocycles. The molecule has 1 fully saturated rings. The first-order valence-electron chi connectivity index (χ1n) is 11.8. The Hall–Kier alpha value is -3.12. The molecule has 0 unspecified atom stereocenters. The number of nitrogens with two attached hydrogens (primary N) is 1. The monoisotopic (exact) mass is 445 g/mol. The van der Waals surface area contributed by atoms with Crippen LogP contribution in [0.25, 0.3) is 11.3 Å². The van der Waals surface area contributed by atoms with Crippen molar-refractivity contribution in [3.8, 4) is 17.0 Å². The molecule has 0 amide bonds. The van der Waals surface area contributed by atoms with Gasteiger partial charge in [-0.15, -0.1) is 0 Å². The SMILES string of the molecule is Cc1c(Nc2cccc(C(C)(C)C)c2)nc(N)nc1-c1ccc(OCCN2CCCC2)cc1. The Morgan fingerprint density at radius 3 is 2.45 bits per heavy atom. The van der Waals surface area contributed by atoms with Gasteiger partial charge < -0.3 is 15.8 Å². The van der Waals surface area contributed by atoms with Gasteiger partial charge in [-0.2, -0.15) is 4.98 Å². The van der Waals surface area contributed by atoms with Crippen molar-refractivity contribution in [2.24, 2.45) is 0 Å². The second-order valence-electron chi connectivity index (χ2n) is 9.78. The smallest absolute Gasteiger partial charge is 0.222 e. The number of rotatable bonds is 7. The van der Waals surface area contributed by atoms with Crippen molar-refractivity contribution in [3.63, 3.8) is 0 Å². The van der Waals surface area contributed by atoms with Gasteiger partial charge in [0.05, 0.1) is 5.69 Å². The number of benzene rings is 2. The van der Waals surface area contributed by atoms with Gasteiger partial charge in [-0.1, -0.05) is 32.9 Å². The van der Waals surface area contributed by atoms with Gasteiger partial charge in [0.25, 0.3) is 0 Å². The minimum absolute atomic E-state index is 0.0703. The fourth-order valence-corrected chi connectivity index (χ4v) is 4.14. The summed E-state index contributed by atoms with van der Waals surface area (Å²) in [5, 5.41) is 3.44. The zero-order valence-electron chi connectivity index (χ0n) is 20.2. The Morgan fingerprint density at radius 2 is 1.76 bits per heavy atom. The Bertz CT molecular complexity index is 1080. The maximum atomic E-state index is 6.08. The highest BCUT2D eigenvalue weighted by atomic mass is 16.5. The first kappa shape index (κ1) is 23.1. The van der Waals surface area contributed by atoms with Crippen LogP contribution in [0, 0.1) is 6.92 Å². The van der Waals surface area contributed by atoms with Gasteiger partial charge in [-0.05, 0) is 80.2 Å². The van der Waals surface area contributed by atoms with E-state index in [9.17, 15) is 0 Å². The fraction of sp³-hybridized carbons (Fsp3) is 0.407. The lowest BCUT2D eigenvalue weighted by Crippen LogP contribution is -2.25. The average molecular weight is 446 g/mol. The molecule has 4 rings (SSSR count). The maximum Gasteiger partial charge on any atom is 0.222 e. The van der Waals surface area contributed by atoms with Crippen molar-refractivity contribution in [1.82, 2.24) is 14.9 Å². The molecule has 6 heteroatoms. The summed E-state index contributed by atoms with van der Waals surface area (Å²) in [5.74, 6) is 1.83. The number of hydrogen-bond donors (Lipinski definition) is 2. The maximum absolute atomic E-state index is 6.08. The van der Waals surface area contributed by atoms with Gasteiger partial charge in [-0.3, -0.25) is 4.90 Å². The molecule has 174 valence electrons. The molecular formula is C27H35N5O. The van der Waals surface area contributed by atoms with E-state index in [4.69, 9.17) is 10.5 Å². The van der Waals surface area contributed by atoms with E-state index in [2.05, 4.69) is 59.2 Å². The van der Waals surface area contributed by atoms with Crippen molar-refractivity contribution in [3.05, 3.63) is 59.7 Å². The molecule has 1 aliphatic heterocycles. The molecule has 6 nitrogen and oxygen atoms in total. The van der Waals surface area contributed by atoms with Gasteiger partial charge in [-0.25, -0.2) is 4.98 Å². The molecule has 3 N–H and O–H groups in total. The van der Waals surface area contributed by atoms with Crippen LogP contribution in [0.5, 0.6) is 5.75 Å². The molecule has 0 bridgehead atoms. The number of anilines is 3. The first-order valence-corrected chi connectivity index (χ1v) is 11.8. The molecule has 2 aromatic carbocycles. The van der Waals surface area contributed by atoms with Crippen LogP contribution in [-0.2, 0) is 5.41 Å². The molecule has 3 aromatic rings. The highest BCUT2D eigenvalue weighted by Gasteiger charge is 2.16. The van der Waals surface area contributed by atoms with Gasteiger partial charge in [0, 0.05) is 23.4 Å². The molecule has 0 aliphatic carbocycles. The summed E-state index contributed by atoms with van der Waals surface area (Å²) >= 11 is 0. The van der Waals surface area contributed by atoms with Crippen LogP contribution < -0.4 is 15.8 Å². The van der Waals surface area contributed by atoms with Crippen LogP contribution in [0.2, 0.25) is 0 Å². The average Bonchev–Trinajstić information content (AvgIpc) is 3.30. The van der Waals surface area contributed by atoms with Crippen LogP contribution in [0.15, 0.2) is 48.5 Å². The predicted molar refractivity (Wildman–Crippen MR) is 136 cm³/mol. The molecule has 0 spiro atoms. The van der Waals surface area contributed by atoms with Gasteiger partial charge in [0.1, 0.15) is 18.2 Å². The summed E-state index contributed by atoms with van der Waals surface area (Å²) in [6.45, 7) is 12.7. The third-order valence-corrected chi connectivity index (χ3v) is 6.16. The highest BCUT2D eigenvalue weighted by molar-refractivity contribution is 5.72.